The van der Waals surface area contributed by atoms with Gasteiger partial charge in [-0.2, -0.15) is 0 Å². The highest BCUT2D eigenvalue weighted by atomic mass is 32.1. The van der Waals surface area contributed by atoms with Crippen LogP contribution in [-0.2, 0) is 11.2 Å². The molecule has 118 valence electrons. The molecule has 0 saturated carbocycles. The molecule has 1 atom stereocenters. The molecule has 0 bridgehead atoms. The Hall–Kier alpha value is -1.17. The van der Waals surface area contributed by atoms with Crippen molar-refractivity contribution in [1.82, 2.24) is 9.80 Å². The number of carbonyl (C=O) groups is 1. The van der Waals surface area contributed by atoms with Crippen molar-refractivity contribution in [3.05, 3.63) is 44.3 Å². The predicted molar refractivity (Wildman–Crippen MR) is 93.7 cm³/mol. The zero-order valence-corrected chi connectivity index (χ0v) is 14.8. The van der Waals surface area contributed by atoms with E-state index in [4.69, 9.17) is 0 Å². The summed E-state index contributed by atoms with van der Waals surface area (Å²) in [5.41, 5.74) is 1.39. The highest BCUT2D eigenvalue weighted by Gasteiger charge is 2.31. The Labute approximate surface area is 140 Å². The lowest BCUT2D eigenvalue weighted by Crippen LogP contribution is -2.44. The van der Waals surface area contributed by atoms with Crippen molar-refractivity contribution in [1.29, 1.82) is 0 Å². The largest absolute Gasteiger partial charge is 0.342 e. The first-order valence-electron chi connectivity index (χ1n) is 7.86. The second-order valence-corrected chi connectivity index (χ2v) is 7.48. The van der Waals surface area contributed by atoms with E-state index in [1.54, 1.807) is 11.3 Å². The highest BCUT2D eigenvalue weighted by molar-refractivity contribution is 7.10. The minimum absolute atomic E-state index is 0.241. The van der Waals surface area contributed by atoms with Crippen molar-refractivity contribution in [3.8, 4) is 0 Å². The van der Waals surface area contributed by atoms with E-state index >= 15 is 0 Å². The Balaban J connectivity index is 1.86. The number of fused-ring (bicyclic) bond motifs is 1. The third-order valence-corrected chi connectivity index (χ3v) is 6.25. The molecule has 1 amide bonds. The number of amides is 1. The van der Waals surface area contributed by atoms with Gasteiger partial charge in [0.05, 0.1) is 12.6 Å². The Kier molecular flexibility index (Phi) is 4.96. The molecule has 22 heavy (non-hydrogen) atoms. The van der Waals surface area contributed by atoms with Crippen molar-refractivity contribution in [3.63, 3.8) is 0 Å². The van der Waals surface area contributed by atoms with Gasteiger partial charge in [0.15, 0.2) is 0 Å². The maximum atomic E-state index is 12.5. The molecule has 5 heteroatoms. The fraction of sp³-hybridized carbons (Fsp3) is 0.471. The van der Waals surface area contributed by atoms with Crippen LogP contribution >= 0.6 is 22.7 Å². The molecule has 3 heterocycles. The van der Waals surface area contributed by atoms with E-state index in [1.165, 1.54) is 15.3 Å². The number of thiophene rings is 2. The number of nitrogens with zero attached hydrogens (tertiary/aromatic N) is 2. The summed E-state index contributed by atoms with van der Waals surface area (Å²) in [5.74, 6) is 0.241. The molecule has 0 aliphatic carbocycles. The molecular formula is C17H22N2OS2. The number of likely N-dealkylation sites (N-methyl/N-ethyl adjacent to an activating group) is 1. The van der Waals surface area contributed by atoms with Crippen molar-refractivity contribution >= 4 is 28.6 Å². The van der Waals surface area contributed by atoms with Gasteiger partial charge in [-0.05, 0) is 48.7 Å². The van der Waals surface area contributed by atoms with E-state index < -0.39 is 0 Å². The van der Waals surface area contributed by atoms with Crippen LogP contribution in [0.4, 0.5) is 0 Å². The molecule has 2 aromatic rings. The Morgan fingerprint density at radius 1 is 1.27 bits per heavy atom. The summed E-state index contributed by atoms with van der Waals surface area (Å²) in [7, 11) is 0. The minimum Gasteiger partial charge on any atom is -0.342 e. The van der Waals surface area contributed by atoms with Gasteiger partial charge >= 0.3 is 0 Å². The first-order valence-corrected chi connectivity index (χ1v) is 9.62. The Morgan fingerprint density at radius 2 is 2.09 bits per heavy atom. The normalized spacial score (nSPS) is 18.2. The average molecular weight is 335 g/mol. The number of hydrogen-bond acceptors (Lipinski definition) is 4. The van der Waals surface area contributed by atoms with Gasteiger partial charge in [0, 0.05) is 29.4 Å². The van der Waals surface area contributed by atoms with Gasteiger partial charge in [0.25, 0.3) is 0 Å². The van der Waals surface area contributed by atoms with Crippen LogP contribution in [0.5, 0.6) is 0 Å². The lowest BCUT2D eigenvalue weighted by atomic mass is 9.98. The molecule has 2 aromatic heterocycles. The van der Waals surface area contributed by atoms with E-state index in [2.05, 4.69) is 33.9 Å². The van der Waals surface area contributed by atoms with E-state index in [1.807, 2.05) is 30.1 Å². The van der Waals surface area contributed by atoms with E-state index in [-0.39, 0.29) is 11.9 Å². The molecule has 3 nitrogen and oxygen atoms in total. The number of rotatable bonds is 5. The maximum Gasteiger partial charge on any atom is 0.236 e. The van der Waals surface area contributed by atoms with Gasteiger partial charge in [-0.1, -0.05) is 6.07 Å². The molecule has 1 aliphatic rings. The summed E-state index contributed by atoms with van der Waals surface area (Å²) in [5, 5.41) is 4.31. The SMILES string of the molecule is CCN(CC)C(=O)CN1CCc2sccc2[C@@H]1c1cccs1. The lowest BCUT2D eigenvalue weighted by molar-refractivity contribution is -0.132. The van der Waals surface area contributed by atoms with Gasteiger partial charge in [-0.15, -0.1) is 22.7 Å². The fourth-order valence-electron chi connectivity index (χ4n) is 3.17. The van der Waals surface area contributed by atoms with Gasteiger partial charge in [-0.3, -0.25) is 9.69 Å². The number of carbonyl (C=O) groups excluding carboxylic acids is 1. The third kappa shape index (κ3) is 2.98. The molecule has 0 aromatic carbocycles. The average Bonchev–Trinajstić information content (AvgIpc) is 3.19. The van der Waals surface area contributed by atoms with Crippen LogP contribution in [-0.4, -0.2) is 41.9 Å². The summed E-state index contributed by atoms with van der Waals surface area (Å²) >= 11 is 3.63. The molecule has 0 fully saturated rings. The lowest BCUT2D eigenvalue weighted by Gasteiger charge is -2.36. The minimum atomic E-state index is 0.241. The molecule has 0 spiro atoms. The molecule has 1 aliphatic heterocycles. The van der Waals surface area contributed by atoms with Gasteiger partial charge in [0.2, 0.25) is 5.91 Å². The summed E-state index contributed by atoms with van der Waals surface area (Å²) in [6.45, 7) is 7.15. The number of hydrogen-bond donors (Lipinski definition) is 0. The quantitative estimate of drug-likeness (QED) is 0.834. The topological polar surface area (TPSA) is 23.6 Å². The third-order valence-electron chi connectivity index (χ3n) is 4.33. The van der Waals surface area contributed by atoms with Crippen LogP contribution in [0.15, 0.2) is 29.0 Å². The second kappa shape index (κ2) is 6.94. The van der Waals surface area contributed by atoms with Crippen LogP contribution in [0.3, 0.4) is 0 Å². The van der Waals surface area contributed by atoms with E-state index in [9.17, 15) is 4.79 Å². The van der Waals surface area contributed by atoms with Crippen LogP contribution in [0.25, 0.3) is 0 Å². The van der Waals surface area contributed by atoms with Crippen molar-refractivity contribution in [2.45, 2.75) is 26.3 Å². The second-order valence-electron chi connectivity index (χ2n) is 5.50. The monoisotopic (exact) mass is 334 g/mol. The van der Waals surface area contributed by atoms with Crippen molar-refractivity contribution in [2.75, 3.05) is 26.2 Å². The fourth-order valence-corrected chi connectivity index (χ4v) is 4.95. The molecule has 0 N–H and O–H groups in total. The van der Waals surface area contributed by atoms with Crippen LogP contribution in [0.2, 0.25) is 0 Å². The van der Waals surface area contributed by atoms with E-state index in [0.29, 0.717) is 6.54 Å². The molecule has 0 radical (unpaired) electrons. The van der Waals surface area contributed by atoms with Crippen LogP contribution in [0.1, 0.15) is 35.2 Å². The Bertz CT molecular complexity index is 616. The highest BCUT2D eigenvalue weighted by Crippen LogP contribution is 2.39. The van der Waals surface area contributed by atoms with Gasteiger partial charge < -0.3 is 4.90 Å². The van der Waals surface area contributed by atoms with E-state index in [0.717, 1.165) is 26.1 Å². The Morgan fingerprint density at radius 3 is 2.77 bits per heavy atom. The molecule has 3 rings (SSSR count). The van der Waals surface area contributed by atoms with Crippen molar-refractivity contribution < 1.29 is 4.79 Å². The zero-order chi connectivity index (χ0) is 15.5. The molecular weight excluding hydrogens is 312 g/mol. The standard InChI is InChI=1S/C17H22N2OS2/c1-3-18(4-2)16(20)12-19-9-7-14-13(8-11-22-14)17(19)15-6-5-10-21-15/h5-6,8,10-11,17H,3-4,7,9,12H2,1-2H3/t17-/m1/s1. The van der Waals surface area contributed by atoms with Gasteiger partial charge in [0.1, 0.15) is 0 Å². The molecule has 0 saturated heterocycles. The van der Waals surface area contributed by atoms with Gasteiger partial charge in [-0.25, -0.2) is 0 Å². The summed E-state index contributed by atoms with van der Waals surface area (Å²) in [6, 6.07) is 6.77. The summed E-state index contributed by atoms with van der Waals surface area (Å²) in [4.78, 5) is 19.6. The zero-order valence-electron chi connectivity index (χ0n) is 13.1. The first kappa shape index (κ1) is 15.7. The van der Waals surface area contributed by atoms with Crippen LogP contribution < -0.4 is 0 Å². The maximum absolute atomic E-state index is 12.5. The first-order chi connectivity index (χ1) is 10.7. The summed E-state index contributed by atoms with van der Waals surface area (Å²) < 4.78 is 0. The predicted octanol–water partition coefficient (Wildman–Crippen LogP) is 3.63. The van der Waals surface area contributed by atoms with Crippen molar-refractivity contribution in [2.24, 2.45) is 0 Å². The smallest absolute Gasteiger partial charge is 0.236 e. The summed E-state index contributed by atoms with van der Waals surface area (Å²) in [6.07, 6.45) is 1.06. The van der Waals surface area contributed by atoms with Crippen LogP contribution in [0, 0.1) is 0 Å². The molecule has 0 unspecified atom stereocenters.